The van der Waals surface area contributed by atoms with E-state index < -0.39 is 12.3 Å². The van der Waals surface area contributed by atoms with E-state index in [4.69, 9.17) is 5.73 Å². The Bertz CT molecular complexity index is 304. The lowest BCUT2D eigenvalue weighted by molar-refractivity contribution is 0.0768. The molecule has 0 radical (unpaired) electrons. The first-order valence-corrected chi connectivity index (χ1v) is 4.90. The van der Waals surface area contributed by atoms with Gasteiger partial charge in [0.2, 0.25) is 6.43 Å². The molecule has 0 bridgehead atoms. The summed E-state index contributed by atoms with van der Waals surface area (Å²) < 4.78 is 24.7. The minimum atomic E-state index is -2.39. The van der Waals surface area contributed by atoms with Crippen LogP contribution in [-0.4, -0.2) is 18.1 Å². The van der Waals surface area contributed by atoms with E-state index in [0.717, 1.165) is 0 Å². The molecule has 84 valence electrons. The molecule has 0 aliphatic rings. The first kappa shape index (κ1) is 11.9. The van der Waals surface area contributed by atoms with Gasteiger partial charge in [0.15, 0.2) is 0 Å². The lowest BCUT2D eigenvalue weighted by atomic mass is 9.99. The molecule has 1 aromatic rings. The van der Waals surface area contributed by atoms with Crippen LogP contribution in [0.4, 0.5) is 8.78 Å². The zero-order valence-electron chi connectivity index (χ0n) is 8.37. The topological polar surface area (TPSA) is 46.2 Å². The maximum atomic E-state index is 12.4. The minimum Gasteiger partial charge on any atom is -0.508 e. The molecular weight excluding hydrogens is 200 g/mol. The van der Waals surface area contributed by atoms with Crippen LogP contribution in [0.2, 0.25) is 0 Å². The average molecular weight is 215 g/mol. The molecule has 0 aromatic heterocycles. The summed E-state index contributed by atoms with van der Waals surface area (Å²) in [6.45, 7) is -0.0226. The number of para-hydroxylation sites is 1. The second-order valence-electron chi connectivity index (χ2n) is 3.50. The summed E-state index contributed by atoms with van der Waals surface area (Å²) in [6.07, 6.45) is -1.66. The molecule has 4 heteroatoms. The van der Waals surface area contributed by atoms with Gasteiger partial charge in [0.25, 0.3) is 0 Å². The van der Waals surface area contributed by atoms with Gasteiger partial charge in [-0.25, -0.2) is 8.78 Å². The summed E-state index contributed by atoms with van der Waals surface area (Å²) in [4.78, 5) is 0. The van der Waals surface area contributed by atoms with Crippen LogP contribution in [0.1, 0.15) is 12.0 Å². The Kier molecular flexibility index (Phi) is 4.49. The number of rotatable bonds is 5. The number of phenolic OH excluding ortho intramolecular Hbond substituents is 1. The zero-order valence-corrected chi connectivity index (χ0v) is 8.37. The van der Waals surface area contributed by atoms with E-state index in [1.807, 2.05) is 0 Å². The summed E-state index contributed by atoms with van der Waals surface area (Å²) in [5.41, 5.74) is 5.92. The van der Waals surface area contributed by atoms with Crippen molar-refractivity contribution in [3.05, 3.63) is 29.8 Å². The van der Waals surface area contributed by atoms with Gasteiger partial charge in [-0.05, 0) is 24.5 Å². The molecule has 3 N–H and O–H groups in total. The van der Waals surface area contributed by atoms with E-state index in [0.29, 0.717) is 18.4 Å². The van der Waals surface area contributed by atoms with E-state index in [-0.39, 0.29) is 12.3 Å². The summed E-state index contributed by atoms with van der Waals surface area (Å²) in [6, 6.07) is 6.75. The molecule has 0 aliphatic heterocycles. The normalized spacial score (nSPS) is 13.1. The molecule has 0 saturated heterocycles. The number of halogens is 2. The predicted molar refractivity (Wildman–Crippen MR) is 55.0 cm³/mol. The van der Waals surface area contributed by atoms with Crippen LogP contribution < -0.4 is 5.73 Å². The van der Waals surface area contributed by atoms with Crippen molar-refractivity contribution in [3.63, 3.8) is 0 Å². The molecule has 2 nitrogen and oxygen atoms in total. The molecule has 0 aliphatic carbocycles. The monoisotopic (exact) mass is 215 g/mol. The fourth-order valence-corrected chi connectivity index (χ4v) is 1.41. The third-order valence-electron chi connectivity index (χ3n) is 2.44. The molecule has 1 rings (SSSR count). The van der Waals surface area contributed by atoms with Gasteiger partial charge in [-0.1, -0.05) is 18.2 Å². The molecule has 1 atom stereocenters. The van der Waals surface area contributed by atoms with Gasteiger partial charge in [0, 0.05) is 12.5 Å². The minimum absolute atomic E-state index is 0.0226. The average Bonchev–Trinajstić information content (AvgIpc) is 2.21. The number of hydrogen-bond donors (Lipinski definition) is 2. The van der Waals surface area contributed by atoms with Crippen molar-refractivity contribution in [2.45, 2.75) is 19.3 Å². The van der Waals surface area contributed by atoms with Gasteiger partial charge in [-0.2, -0.15) is 0 Å². The smallest absolute Gasteiger partial charge is 0.242 e. The highest BCUT2D eigenvalue weighted by Crippen LogP contribution is 2.21. The number of phenols is 1. The van der Waals surface area contributed by atoms with Crippen molar-refractivity contribution in [2.75, 3.05) is 6.54 Å². The lowest BCUT2D eigenvalue weighted by Crippen LogP contribution is -2.22. The second-order valence-corrected chi connectivity index (χ2v) is 3.50. The van der Waals surface area contributed by atoms with Gasteiger partial charge in [0.05, 0.1) is 0 Å². The van der Waals surface area contributed by atoms with Crippen molar-refractivity contribution in [3.8, 4) is 5.75 Å². The molecule has 0 amide bonds. The maximum Gasteiger partial charge on any atom is 0.242 e. The van der Waals surface area contributed by atoms with Crippen LogP contribution >= 0.6 is 0 Å². The molecule has 0 spiro atoms. The molecule has 0 fully saturated rings. The first-order valence-electron chi connectivity index (χ1n) is 4.90. The van der Waals surface area contributed by atoms with Crippen LogP contribution in [0.3, 0.4) is 0 Å². The lowest BCUT2D eigenvalue weighted by Gasteiger charge is -2.13. The Morgan fingerprint density at radius 1 is 1.27 bits per heavy atom. The standard InChI is InChI=1S/C11H15F2NO/c12-11(13)9(7-14)6-5-8-3-1-2-4-10(8)15/h1-4,9,11,15H,5-7,14H2. The third-order valence-corrected chi connectivity index (χ3v) is 2.44. The largest absolute Gasteiger partial charge is 0.508 e. The van der Waals surface area contributed by atoms with Gasteiger partial charge >= 0.3 is 0 Å². The van der Waals surface area contributed by atoms with E-state index in [9.17, 15) is 13.9 Å². The Morgan fingerprint density at radius 3 is 2.47 bits per heavy atom. The number of aromatic hydroxyl groups is 1. The van der Waals surface area contributed by atoms with Crippen molar-refractivity contribution >= 4 is 0 Å². The number of aryl methyl sites for hydroxylation is 1. The molecule has 15 heavy (non-hydrogen) atoms. The van der Waals surface area contributed by atoms with Crippen LogP contribution in [0, 0.1) is 5.92 Å². The fourth-order valence-electron chi connectivity index (χ4n) is 1.41. The number of hydrogen-bond acceptors (Lipinski definition) is 2. The Morgan fingerprint density at radius 2 is 1.93 bits per heavy atom. The van der Waals surface area contributed by atoms with Crippen molar-refractivity contribution < 1.29 is 13.9 Å². The van der Waals surface area contributed by atoms with Crippen LogP contribution in [-0.2, 0) is 6.42 Å². The number of benzene rings is 1. The van der Waals surface area contributed by atoms with Crippen molar-refractivity contribution in [2.24, 2.45) is 11.7 Å². The summed E-state index contributed by atoms with van der Waals surface area (Å²) in [5, 5.41) is 9.42. The Balaban J connectivity index is 2.53. The second kappa shape index (κ2) is 5.66. The van der Waals surface area contributed by atoms with Crippen LogP contribution in [0.25, 0.3) is 0 Å². The third kappa shape index (κ3) is 3.47. The SMILES string of the molecule is NCC(CCc1ccccc1O)C(F)F. The van der Waals surface area contributed by atoms with Gasteiger partial charge in [0.1, 0.15) is 5.75 Å². The molecular formula is C11H15F2NO. The summed E-state index contributed by atoms with van der Waals surface area (Å²) >= 11 is 0. The van der Waals surface area contributed by atoms with Gasteiger partial charge < -0.3 is 10.8 Å². The van der Waals surface area contributed by atoms with Crippen LogP contribution in [0.15, 0.2) is 24.3 Å². The molecule has 1 aromatic carbocycles. The highest BCUT2D eigenvalue weighted by atomic mass is 19.3. The maximum absolute atomic E-state index is 12.4. The Labute approximate surface area is 87.7 Å². The first-order chi connectivity index (χ1) is 7.15. The number of alkyl halides is 2. The van der Waals surface area contributed by atoms with Crippen LogP contribution in [0.5, 0.6) is 5.75 Å². The van der Waals surface area contributed by atoms with E-state index >= 15 is 0 Å². The number of nitrogens with two attached hydrogens (primary N) is 1. The summed E-state index contributed by atoms with van der Waals surface area (Å²) in [5.74, 6) is -0.632. The predicted octanol–water partition coefficient (Wildman–Crippen LogP) is 2.16. The Hall–Kier alpha value is -1.16. The van der Waals surface area contributed by atoms with Crippen molar-refractivity contribution in [1.29, 1.82) is 0 Å². The van der Waals surface area contributed by atoms with Crippen molar-refractivity contribution in [1.82, 2.24) is 0 Å². The van der Waals surface area contributed by atoms with E-state index in [2.05, 4.69) is 0 Å². The van der Waals surface area contributed by atoms with E-state index in [1.54, 1.807) is 24.3 Å². The quantitative estimate of drug-likeness (QED) is 0.790. The summed E-state index contributed by atoms with van der Waals surface area (Å²) in [7, 11) is 0. The molecule has 1 unspecified atom stereocenters. The highest BCUT2D eigenvalue weighted by Gasteiger charge is 2.18. The molecule has 0 saturated carbocycles. The molecule has 0 heterocycles. The van der Waals surface area contributed by atoms with E-state index in [1.165, 1.54) is 0 Å². The van der Waals surface area contributed by atoms with Gasteiger partial charge in [-0.3, -0.25) is 0 Å². The highest BCUT2D eigenvalue weighted by molar-refractivity contribution is 5.31. The van der Waals surface area contributed by atoms with Gasteiger partial charge in [-0.15, -0.1) is 0 Å². The zero-order chi connectivity index (χ0) is 11.3. The fraction of sp³-hybridized carbons (Fsp3) is 0.455.